The van der Waals surface area contributed by atoms with Crippen LogP contribution in [0.15, 0.2) is 48.5 Å². The number of aromatic nitrogens is 3. The number of likely N-dealkylation sites (tertiary alicyclic amines) is 1. The van der Waals surface area contributed by atoms with E-state index in [-0.39, 0.29) is 35.8 Å². The first kappa shape index (κ1) is 29.5. The molecule has 3 unspecified atom stereocenters. The summed E-state index contributed by atoms with van der Waals surface area (Å²) in [7, 11) is 0. The van der Waals surface area contributed by atoms with Crippen LogP contribution in [0.25, 0.3) is 11.0 Å². The Hall–Kier alpha value is -3.55. The van der Waals surface area contributed by atoms with Crippen molar-refractivity contribution in [1.82, 2.24) is 25.2 Å². The third kappa shape index (κ3) is 5.27. The van der Waals surface area contributed by atoms with E-state index in [0.29, 0.717) is 55.8 Å². The summed E-state index contributed by atoms with van der Waals surface area (Å²) in [5.41, 5.74) is 0.893. The van der Waals surface area contributed by atoms with E-state index >= 15 is 0 Å². The van der Waals surface area contributed by atoms with Crippen LogP contribution in [0.2, 0.25) is 0 Å². The van der Waals surface area contributed by atoms with E-state index in [2.05, 4.69) is 36.9 Å². The first-order valence-electron chi connectivity index (χ1n) is 14.7. The maximum atomic E-state index is 14.1. The van der Waals surface area contributed by atoms with E-state index in [1.54, 1.807) is 33.8 Å². The van der Waals surface area contributed by atoms with Crippen LogP contribution in [0.1, 0.15) is 32.6 Å². The number of unbranched alkanes of at least 4 members (excludes halogenated alkanes) is 2. The Balaban J connectivity index is 1.26. The van der Waals surface area contributed by atoms with E-state index < -0.39 is 29.6 Å². The van der Waals surface area contributed by atoms with Gasteiger partial charge in [-0.2, -0.15) is 0 Å². The van der Waals surface area contributed by atoms with Crippen molar-refractivity contribution >= 4 is 50.4 Å². The summed E-state index contributed by atoms with van der Waals surface area (Å²) in [5, 5.41) is 23.5. The van der Waals surface area contributed by atoms with Crippen LogP contribution in [0.4, 0.5) is 5.69 Å². The number of fused-ring (bicyclic) bond motifs is 2. The lowest BCUT2D eigenvalue weighted by molar-refractivity contribution is -0.141. The van der Waals surface area contributed by atoms with E-state index in [4.69, 9.17) is 9.47 Å². The molecule has 4 heterocycles. The summed E-state index contributed by atoms with van der Waals surface area (Å²) < 4.78 is 13.7. The molecule has 13 heteroatoms. The highest BCUT2D eigenvalue weighted by molar-refractivity contribution is 9.09. The van der Waals surface area contributed by atoms with Crippen LogP contribution >= 0.6 is 15.9 Å². The molecule has 2 aromatic carbocycles. The van der Waals surface area contributed by atoms with Gasteiger partial charge >= 0.3 is 0 Å². The minimum Gasteiger partial charge on any atom is -0.494 e. The number of ether oxygens (including phenoxy) is 2. The number of carbonyl (C=O) groups excluding carboxylic acids is 3. The molecule has 3 aromatic rings. The molecule has 6 atom stereocenters. The van der Waals surface area contributed by atoms with E-state index in [0.717, 1.165) is 5.52 Å². The van der Waals surface area contributed by atoms with Gasteiger partial charge in [-0.15, -0.1) is 5.10 Å². The molecule has 0 saturated carbocycles. The lowest BCUT2D eigenvalue weighted by Crippen LogP contribution is -2.56. The van der Waals surface area contributed by atoms with Crippen molar-refractivity contribution < 1.29 is 29.0 Å². The third-order valence-electron chi connectivity index (χ3n) is 8.65. The molecule has 3 fully saturated rings. The number of para-hydroxylation sites is 1. The Morgan fingerprint density at radius 3 is 2.70 bits per heavy atom. The highest BCUT2D eigenvalue weighted by atomic mass is 79.9. The number of benzene rings is 2. The Labute approximate surface area is 257 Å². The van der Waals surface area contributed by atoms with Crippen molar-refractivity contribution in [3.8, 4) is 5.75 Å². The number of aliphatic hydroxyl groups is 1. The lowest BCUT2D eigenvalue weighted by atomic mass is 9.70. The number of anilines is 1. The molecular weight excluding hydrogens is 620 g/mol. The number of carbonyl (C=O) groups is 3. The van der Waals surface area contributed by atoms with Gasteiger partial charge in [0.25, 0.3) is 0 Å². The average molecular weight is 656 g/mol. The van der Waals surface area contributed by atoms with E-state index in [1.165, 1.54) is 0 Å². The maximum absolute atomic E-state index is 14.1. The Kier molecular flexibility index (Phi) is 8.38. The molecule has 0 radical (unpaired) electrons. The smallest absolute Gasteiger partial charge is 0.247 e. The van der Waals surface area contributed by atoms with Gasteiger partial charge < -0.3 is 30.1 Å². The summed E-state index contributed by atoms with van der Waals surface area (Å²) in [6.07, 6.45) is 1.75. The SMILES string of the molecule is CCOc1ccc(NC(=O)[C@H]2[C@@H]3OC4(CC3Br)C(C(=O)NCn3nnc5ccccc53)N(CCCCCO)C(=O)[C@H]24)cc1. The second-order valence-corrected chi connectivity index (χ2v) is 12.4. The number of alkyl halides is 1. The molecule has 1 spiro atoms. The van der Waals surface area contributed by atoms with Gasteiger partial charge in [-0.05, 0) is 69.0 Å². The molecule has 6 rings (SSSR count). The maximum Gasteiger partial charge on any atom is 0.247 e. The molecule has 12 nitrogen and oxygen atoms in total. The second kappa shape index (κ2) is 12.2. The lowest BCUT2D eigenvalue weighted by Gasteiger charge is -2.34. The third-order valence-corrected chi connectivity index (χ3v) is 9.50. The van der Waals surface area contributed by atoms with Crippen LogP contribution in [0.3, 0.4) is 0 Å². The van der Waals surface area contributed by atoms with Gasteiger partial charge in [0.15, 0.2) is 0 Å². The first-order valence-corrected chi connectivity index (χ1v) is 15.6. The Bertz CT molecular complexity index is 1500. The molecule has 3 saturated heterocycles. The number of amides is 3. The van der Waals surface area contributed by atoms with Crippen LogP contribution in [0, 0.1) is 11.8 Å². The summed E-state index contributed by atoms with van der Waals surface area (Å²) in [5.74, 6) is -1.86. The molecule has 228 valence electrons. The predicted molar refractivity (Wildman–Crippen MR) is 160 cm³/mol. The molecule has 2 bridgehead atoms. The predicted octanol–water partition coefficient (Wildman–Crippen LogP) is 2.45. The zero-order chi connectivity index (χ0) is 30.1. The molecular formula is C30H35BrN6O6. The molecule has 0 aliphatic carbocycles. The fraction of sp³-hybridized carbons (Fsp3) is 0.500. The van der Waals surface area contributed by atoms with Crippen molar-refractivity contribution in [2.75, 3.05) is 25.1 Å². The Morgan fingerprint density at radius 2 is 1.93 bits per heavy atom. The normalized spacial score (nSPS) is 27.5. The molecule has 43 heavy (non-hydrogen) atoms. The summed E-state index contributed by atoms with van der Waals surface area (Å²) in [6, 6.07) is 13.6. The highest BCUT2D eigenvalue weighted by Gasteiger charge is 2.76. The van der Waals surface area contributed by atoms with Gasteiger partial charge in [0.1, 0.15) is 29.6 Å². The van der Waals surface area contributed by atoms with Crippen LogP contribution < -0.4 is 15.4 Å². The van der Waals surface area contributed by atoms with Gasteiger partial charge in [0.05, 0.1) is 30.1 Å². The fourth-order valence-electron chi connectivity index (χ4n) is 6.85. The van der Waals surface area contributed by atoms with Crippen molar-refractivity contribution in [2.45, 2.75) is 61.8 Å². The number of nitrogens with one attached hydrogen (secondary N) is 2. The van der Waals surface area contributed by atoms with Crippen LogP contribution in [-0.2, 0) is 25.8 Å². The number of halogens is 1. The summed E-state index contributed by atoms with van der Waals surface area (Å²) >= 11 is 3.70. The van der Waals surface area contributed by atoms with Gasteiger partial charge in [-0.25, -0.2) is 4.68 Å². The molecule has 1 aromatic heterocycles. The van der Waals surface area contributed by atoms with Gasteiger partial charge in [-0.3, -0.25) is 14.4 Å². The first-order chi connectivity index (χ1) is 20.9. The topological polar surface area (TPSA) is 148 Å². The van der Waals surface area contributed by atoms with Crippen molar-refractivity contribution in [1.29, 1.82) is 0 Å². The van der Waals surface area contributed by atoms with Gasteiger partial charge in [0, 0.05) is 23.7 Å². The standard InChI is InChI=1S/C30H35BrN6O6/c1-2-42-19-12-10-18(11-13-19)33-27(39)23-24-29(41)36(14-6-3-7-15-38)26(30(24)16-20(31)25(23)43-30)28(40)32-17-37-22-9-5-4-8-21(22)34-35-37/h4-5,8-13,20,23-26,38H,2-3,6-7,14-17H2,1H3,(H,32,40)(H,33,39)/t20?,23-,24+,25-,26?,30?/m1/s1. The average Bonchev–Trinajstić information content (AvgIpc) is 3.72. The number of aliphatic hydroxyl groups excluding tert-OH is 1. The van der Waals surface area contributed by atoms with Crippen molar-refractivity contribution in [3.63, 3.8) is 0 Å². The zero-order valence-electron chi connectivity index (χ0n) is 23.8. The van der Waals surface area contributed by atoms with Crippen molar-refractivity contribution in [3.05, 3.63) is 48.5 Å². The monoisotopic (exact) mass is 654 g/mol. The molecule has 3 amide bonds. The van der Waals surface area contributed by atoms with Crippen LogP contribution in [0.5, 0.6) is 5.75 Å². The number of hydrogen-bond donors (Lipinski definition) is 3. The van der Waals surface area contributed by atoms with Crippen LogP contribution in [-0.4, -0.2) is 85.1 Å². The minimum atomic E-state index is -1.16. The number of nitrogens with zero attached hydrogens (tertiary/aromatic N) is 4. The molecule has 3 N–H and O–H groups in total. The number of rotatable bonds is 12. The van der Waals surface area contributed by atoms with E-state index in [1.807, 2.05) is 31.2 Å². The fourth-order valence-corrected chi connectivity index (χ4v) is 7.79. The quantitative estimate of drug-likeness (QED) is 0.199. The summed E-state index contributed by atoms with van der Waals surface area (Å²) in [6.45, 7) is 2.86. The number of hydrogen-bond acceptors (Lipinski definition) is 8. The van der Waals surface area contributed by atoms with Gasteiger partial charge in [-0.1, -0.05) is 33.3 Å². The molecule has 3 aliphatic rings. The van der Waals surface area contributed by atoms with E-state index in [9.17, 15) is 19.5 Å². The Morgan fingerprint density at radius 1 is 1.14 bits per heavy atom. The minimum absolute atomic E-state index is 0.0557. The highest BCUT2D eigenvalue weighted by Crippen LogP contribution is 2.60. The second-order valence-electron chi connectivity index (χ2n) is 11.2. The largest absolute Gasteiger partial charge is 0.494 e. The van der Waals surface area contributed by atoms with Crippen molar-refractivity contribution in [2.24, 2.45) is 11.8 Å². The molecule has 3 aliphatic heterocycles. The summed E-state index contributed by atoms with van der Waals surface area (Å²) in [4.78, 5) is 43.3. The van der Waals surface area contributed by atoms with Gasteiger partial charge in [0.2, 0.25) is 17.7 Å². The zero-order valence-corrected chi connectivity index (χ0v) is 25.4.